The van der Waals surface area contributed by atoms with Crippen LogP contribution in [0.3, 0.4) is 0 Å². The van der Waals surface area contributed by atoms with E-state index in [-0.39, 0.29) is 11.4 Å². The molecule has 5 heteroatoms. The molecular formula is C24H30FNO3. The second kappa shape index (κ2) is 9.88. The van der Waals surface area contributed by atoms with Gasteiger partial charge >= 0.3 is 5.97 Å². The zero-order valence-corrected chi connectivity index (χ0v) is 17.6. The molecule has 0 aromatic heterocycles. The highest BCUT2D eigenvalue weighted by atomic mass is 19.1. The first-order valence-electron chi connectivity index (χ1n) is 10.5. The Morgan fingerprint density at radius 1 is 1.07 bits per heavy atom. The normalized spacial score (nSPS) is 13.4. The van der Waals surface area contributed by atoms with Gasteiger partial charge in [0.05, 0.1) is 6.61 Å². The number of rotatable bonds is 9. The fourth-order valence-corrected chi connectivity index (χ4v) is 3.67. The lowest BCUT2D eigenvalue weighted by Crippen LogP contribution is -2.17. The summed E-state index contributed by atoms with van der Waals surface area (Å²) in [6.07, 6.45) is 4.00. The molecule has 156 valence electrons. The number of para-hydroxylation sites is 1. The summed E-state index contributed by atoms with van der Waals surface area (Å²) < 4.78 is 26.8. The van der Waals surface area contributed by atoms with Gasteiger partial charge < -0.3 is 9.47 Å². The van der Waals surface area contributed by atoms with Gasteiger partial charge in [0.1, 0.15) is 22.9 Å². The maximum absolute atomic E-state index is 15.2. The van der Waals surface area contributed by atoms with Crippen LogP contribution in [0, 0.1) is 12.7 Å². The molecule has 0 atom stereocenters. The van der Waals surface area contributed by atoms with E-state index in [1.807, 2.05) is 6.07 Å². The SMILES string of the molecule is CCCCOc1c2c(c(F)c(C)c1C(=O)Oc1ccccc1)CN(CCCC)C2. The topological polar surface area (TPSA) is 38.8 Å². The van der Waals surface area contributed by atoms with E-state index in [4.69, 9.17) is 9.47 Å². The largest absolute Gasteiger partial charge is 0.492 e. The van der Waals surface area contributed by atoms with Crippen LogP contribution in [0.5, 0.6) is 11.5 Å². The Morgan fingerprint density at radius 3 is 2.45 bits per heavy atom. The molecule has 0 saturated carbocycles. The fraction of sp³-hybridized carbons (Fsp3) is 0.458. The highest BCUT2D eigenvalue weighted by Crippen LogP contribution is 2.39. The van der Waals surface area contributed by atoms with Gasteiger partial charge in [0, 0.05) is 29.8 Å². The second-order valence-corrected chi connectivity index (χ2v) is 7.57. The Labute approximate surface area is 172 Å². The summed E-state index contributed by atoms with van der Waals surface area (Å²) in [4.78, 5) is 15.2. The van der Waals surface area contributed by atoms with Crippen LogP contribution in [-0.2, 0) is 13.1 Å². The highest BCUT2D eigenvalue weighted by molar-refractivity contribution is 5.96. The van der Waals surface area contributed by atoms with Crippen molar-refractivity contribution in [2.45, 2.75) is 59.5 Å². The molecule has 0 bridgehead atoms. The van der Waals surface area contributed by atoms with E-state index in [9.17, 15) is 4.79 Å². The average molecular weight is 400 g/mol. The molecule has 4 nitrogen and oxygen atoms in total. The lowest BCUT2D eigenvalue weighted by molar-refractivity contribution is 0.0728. The predicted molar refractivity (Wildman–Crippen MR) is 112 cm³/mol. The molecule has 3 rings (SSSR count). The van der Waals surface area contributed by atoms with E-state index in [0.29, 0.717) is 42.3 Å². The summed E-state index contributed by atoms with van der Waals surface area (Å²) in [7, 11) is 0. The minimum Gasteiger partial charge on any atom is -0.492 e. The molecule has 0 spiro atoms. The molecule has 1 heterocycles. The van der Waals surface area contributed by atoms with E-state index >= 15 is 4.39 Å². The molecule has 2 aromatic rings. The molecule has 0 saturated heterocycles. The van der Waals surface area contributed by atoms with Gasteiger partial charge in [-0.2, -0.15) is 0 Å². The van der Waals surface area contributed by atoms with Crippen LogP contribution in [0.2, 0.25) is 0 Å². The summed E-state index contributed by atoms with van der Waals surface area (Å²) in [5.41, 5.74) is 1.95. The smallest absolute Gasteiger partial charge is 0.347 e. The molecule has 0 fully saturated rings. The van der Waals surface area contributed by atoms with Crippen molar-refractivity contribution in [2.24, 2.45) is 0 Å². The number of benzene rings is 2. The first-order valence-corrected chi connectivity index (χ1v) is 10.5. The van der Waals surface area contributed by atoms with E-state index < -0.39 is 5.97 Å². The van der Waals surface area contributed by atoms with Crippen molar-refractivity contribution in [1.29, 1.82) is 0 Å². The second-order valence-electron chi connectivity index (χ2n) is 7.57. The molecular weight excluding hydrogens is 369 g/mol. The van der Waals surface area contributed by atoms with Crippen LogP contribution >= 0.6 is 0 Å². The van der Waals surface area contributed by atoms with Gasteiger partial charge in [-0.25, -0.2) is 9.18 Å². The van der Waals surface area contributed by atoms with Crippen molar-refractivity contribution < 1.29 is 18.7 Å². The van der Waals surface area contributed by atoms with Crippen LogP contribution in [0.1, 0.15) is 66.6 Å². The van der Waals surface area contributed by atoms with Gasteiger partial charge in [-0.15, -0.1) is 0 Å². The van der Waals surface area contributed by atoms with Crippen LogP contribution in [0.4, 0.5) is 4.39 Å². The van der Waals surface area contributed by atoms with Crippen molar-refractivity contribution in [3.05, 3.63) is 58.4 Å². The van der Waals surface area contributed by atoms with Gasteiger partial charge in [-0.1, -0.05) is 44.9 Å². The first kappa shape index (κ1) is 21.3. The molecule has 1 aliphatic heterocycles. The maximum Gasteiger partial charge on any atom is 0.347 e. The van der Waals surface area contributed by atoms with Gasteiger partial charge in [-0.3, -0.25) is 4.90 Å². The lowest BCUT2D eigenvalue weighted by atomic mass is 9.98. The molecule has 1 aliphatic rings. The van der Waals surface area contributed by atoms with Gasteiger partial charge in [0.2, 0.25) is 0 Å². The third-order valence-corrected chi connectivity index (χ3v) is 5.33. The van der Waals surface area contributed by atoms with Crippen LogP contribution in [-0.4, -0.2) is 24.0 Å². The summed E-state index contributed by atoms with van der Waals surface area (Å²) in [5, 5.41) is 0. The van der Waals surface area contributed by atoms with E-state index in [1.54, 1.807) is 31.2 Å². The number of hydrogen-bond donors (Lipinski definition) is 0. The number of halogens is 1. The van der Waals surface area contributed by atoms with Crippen LogP contribution in [0.15, 0.2) is 30.3 Å². The third kappa shape index (κ3) is 4.78. The summed E-state index contributed by atoms with van der Waals surface area (Å²) >= 11 is 0. The number of unbranched alkanes of at least 4 members (excludes halogenated alkanes) is 2. The zero-order chi connectivity index (χ0) is 20.8. The lowest BCUT2D eigenvalue weighted by Gasteiger charge is -2.18. The number of nitrogens with zero attached hydrogens (tertiary/aromatic N) is 1. The number of carbonyl (C=O) groups is 1. The fourth-order valence-electron chi connectivity index (χ4n) is 3.67. The molecule has 0 radical (unpaired) electrons. The van der Waals surface area contributed by atoms with Crippen molar-refractivity contribution in [3.63, 3.8) is 0 Å². The predicted octanol–water partition coefficient (Wildman–Crippen LogP) is 5.65. The van der Waals surface area contributed by atoms with Crippen LogP contribution in [0.25, 0.3) is 0 Å². The number of carbonyl (C=O) groups excluding carboxylic acids is 1. The molecule has 0 N–H and O–H groups in total. The standard InChI is InChI=1S/C24H30FNO3/c1-4-6-13-26-15-19-20(16-26)23(28-14-7-5-2)21(17(3)22(19)25)24(27)29-18-11-9-8-10-12-18/h8-12H,4-7,13-16H2,1-3H3. The Morgan fingerprint density at radius 2 is 1.76 bits per heavy atom. The summed E-state index contributed by atoms with van der Waals surface area (Å²) in [5.74, 6) is 0.0323. The van der Waals surface area contributed by atoms with Crippen molar-refractivity contribution in [1.82, 2.24) is 4.90 Å². The van der Waals surface area contributed by atoms with Gasteiger partial charge in [-0.05, 0) is 38.4 Å². The van der Waals surface area contributed by atoms with Crippen LogP contribution < -0.4 is 9.47 Å². The Hall–Kier alpha value is -2.40. The first-order chi connectivity index (χ1) is 14.1. The monoisotopic (exact) mass is 399 g/mol. The molecule has 2 aromatic carbocycles. The maximum atomic E-state index is 15.2. The highest BCUT2D eigenvalue weighted by Gasteiger charge is 2.33. The molecule has 0 amide bonds. The average Bonchev–Trinajstić information content (AvgIpc) is 3.15. The third-order valence-electron chi connectivity index (χ3n) is 5.33. The van der Waals surface area contributed by atoms with Crippen molar-refractivity contribution >= 4 is 5.97 Å². The van der Waals surface area contributed by atoms with Crippen molar-refractivity contribution in [3.8, 4) is 11.5 Å². The molecule has 29 heavy (non-hydrogen) atoms. The number of fused-ring (bicyclic) bond motifs is 1. The quantitative estimate of drug-likeness (QED) is 0.310. The van der Waals surface area contributed by atoms with Gasteiger partial charge in [0.25, 0.3) is 0 Å². The zero-order valence-electron chi connectivity index (χ0n) is 17.6. The Balaban J connectivity index is 1.98. The van der Waals surface area contributed by atoms with E-state index in [0.717, 1.165) is 37.8 Å². The van der Waals surface area contributed by atoms with E-state index in [1.165, 1.54) is 0 Å². The van der Waals surface area contributed by atoms with Gasteiger partial charge in [0.15, 0.2) is 0 Å². The minimum atomic E-state index is -0.575. The number of ether oxygens (including phenoxy) is 2. The number of hydrogen-bond acceptors (Lipinski definition) is 4. The summed E-state index contributed by atoms with van der Waals surface area (Å²) in [6.45, 7) is 8.42. The Bertz CT molecular complexity index is 851. The number of esters is 1. The van der Waals surface area contributed by atoms with E-state index in [2.05, 4.69) is 18.7 Å². The Kier molecular flexibility index (Phi) is 7.26. The molecule has 0 unspecified atom stereocenters. The molecule has 0 aliphatic carbocycles. The summed E-state index contributed by atoms with van der Waals surface area (Å²) in [6, 6.07) is 8.86. The van der Waals surface area contributed by atoms with Crippen molar-refractivity contribution in [2.75, 3.05) is 13.2 Å². The minimum absolute atomic E-state index is 0.207.